The highest BCUT2D eigenvalue weighted by molar-refractivity contribution is 7.79. The fourth-order valence-electron chi connectivity index (χ4n) is 0.949. The van der Waals surface area contributed by atoms with Crippen molar-refractivity contribution in [3.63, 3.8) is 0 Å². The zero-order chi connectivity index (χ0) is 9.84. The molecule has 0 aliphatic heterocycles. The van der Waals surface area contributed by atoms with Gasteiger partial charge in [0.1, 0.15) is 0 Å². The van der Waals surface area contributed by atoms with E-state index in [0.29, 0.717) is 11.3 Å². The van der Waals surface area contributed by atoms with E-state index in [-0.39, 0.29) is 5.75 Å². The van der Waals surface area contributed by atoms with Crippen LogP contribution in [-0.4, -0.2) is 12.8 Å². The number of thiol groups is 1. The smallest absolute Gasteiger partial charge is 0.165 e. The zero-order valence-electron chi connectivity index (χ0n) is 7.41. The van der Waals surface area contributed by atoms with Crippen molar-refractivity contribution in [3.05, 3.63) is 29.6 Å². The number of hydrogen-bond donors (Lipinski definition) is 1. The van der Waals surface area contributed by atoms with Gasteiger partial charge in [-0.15, -0.1) is 0 Å². The first-order valence-electron chi connectivity index (χ1n) is 3.71. The van der Waals surface area contributed by atoms with Crippen LogP contribution in [0.3, 0.4) is 0 Å². The molecule has 4 heteroatoms. The summed E-state index contributed by atoms with van der Waals surface area (Å²) in [5.41, 5.74) is 1.37. The van der Waals surface area contributed by atoms with Crippen LogP contribution in [0.2, 0.25) is 0 Å². The van der Waals surface area contributed by atoms with Crippen LogP contribution in [0.1, 0.15) is 12.5 Å². The molecule has 0 heterocycles. The van der Waals surface area contributed by atoms with Crippen molar-refractivity contribution in [1.29, 1.82) is 0 Å². The van der Waals surface area contributed by atoms with Crippen molar-refractivity contribution in [1.82, 2.24) is 0 Å². The van der Waals surface area contributed by atoms with Gasteiger partial charge in [0.15, 0.2) is 11.6 Å². The van der Waals surface area contributed by atoms with Gasteiger partial charge in [0.25, 0.3) is 0 Å². The third-order valence-corrected chi connectivity index (χ3v) is 2.02. The summed E-state index contributed by atoms with van der Waals surface area (Å²) >= 11 is 3.74. The van der Waals surface area contributed by atoms with Crippen molar-refractivity contribution in [2.75, 3.05) is 7.11 Å². The van der Waals surface area contributed by atoms with Gasteiger partial charge in [0, 0.05) is 0 Å². The van der Waals surface area contributed by atoms with Gasteiger partial charge in [0.05, 0.1) is 12.8 Å². The fourth-order valence-corrected chi connectivity index (χ4v) is 1.06. The molecule has 13 heavy (non-hydrogen) atoms. The molecule has 0 aliphatic rings. The monoisotopic (exact) mass is 199 g/mol. The Morgan fingerprint density at radius 1 is 1.54 bits per heavy atom. The molecular weight excluding hydrogens is 189 g/mol. The standard InChI is InChI=1S/C9H10FNOS/c1-6(11-13)7-3-4-9(12-2)8(10)5-7/h3-5,13H,1-2H3/b11-6+. The van der Waals surface area contributed by atoms with Crippen LogP contribution in [0.15, 0.2) is 22.6 Å². The number of nitrogens with zero attached hydrogens (tertiary/aromatic N) is 1. The number of halogens is 1. The lowest BCUT2D eigenvalue weighted by Crippen LogP contribution is -1.95. The van der Waals surface area contributed by atoms with Crippen LogP contribution in [0.25, 0.3) is 0 Å². The fraction of sp³-hybridized carbons (Fsp3) is 0.222. The van der Waals surface area contributed by atoms with Crippen molar-refractivity contribution in [3.8, 4) is 5.75 Å². The molecular formula is C9H10FNOS. The van der Waals surface area contributed by atoms with Gasteiger partial charge in [-0.1, -0.05) is 0 Å². The molecule has 0 bridgehead atoms. The SMILES string of the molecule is COc1ccc(/C(C)=N/S)cc1F. The van der Waals surface area contributed by atoms with Gasteiger partial charge in [0.2, 0.25) is 0 Å². The van der Waals surface area contributed by atoms with Crippen LogP contribution in [0, 0.1) is 5.82 Å². The first kappa shape index (κ1) is 10.1. The molecule has 0 aliphatic carbocycles. The van der Waals surface area contributed by atoms with E-state index in [2.05, 4.69) is 17.2 Å². The van der Waals surface area contributed by atoms with E-state index in [9.17, 15) is 4.39 Å². The Bertz CT molecular complexity index is 338. The Morgan fingerprint density at radius 3 is 2.69 bits per heavy atom. The lowest BCUT2D eigenvalue weighted by Gasteiger charge is -2.03. The van der Waals surface area contributed by atoms with Gasteiger partial charge in [-0.25, -0.2) is 8.79 Å². The molecule has 0 spiro atoms. The Balaban J connectivity index is 3.10. The van der Waals surface area contributed by atoms with E-state index in [0.717, 1.165) is 0 Å². The molecule has 0 N–H and O–H groups in total. The summed E-state index contributed by atoms with van der Waals surface area (Å²) in [4.78, 5) is 0. The minimum absolute atomic E-state index is 0.232. The molecule has 0 radical (unpaired) electrons. The van der Waals surface area contributed by atoms with Crippen molar-refractivity contribution in [2.45, 2.75) is 6.92 Å². The van der Waals surface area contributed by atoms with Crippen LogP contribution in [-0.2, 0) is 0 Å². The quantitative estimate of drug-likeness (QED) is 0.573. The maximum absolute atomic E-state index is 13.1. The zero-order valence-corrected chi connectivity index (χ0v) is 8.31. The highest BCUT2D eigenvalue weighted by Gasteiger charge is 2.04. The maximum Gasteiger partial charge on any atom is 0.165 e. The molecule has 70 valence electrons. The molecule has 1 aromatic rings. The third-order valence-electron chi connectivity index (χ3n) is 1.72. The van der Waals surface area contributed by atoms with Crippen molar-refractivity contribution >= 4 is 18.5 Å². The summed E-state index contributed by atoms with van der Waals surface area (Å²) < 4.78 is 21.6. The summed E-state index contributed by atoms with van der Waals surface area (Å²) in [5, 5.41) is 0. The number of methoxy groups -OCH3 is 1. The highest BCUT2D eigenvalue weighted by atomic mass is 32.1. The van der Waals surface area contributed by atoms with Crippen molar-refractivity contribution < 1.29 is 9.13 Å². The molecule has 0 aromatic heterocycles. The number of ether oxygens (including phenoxy) is 1. The Labute approximate surface area is 82.0 Å². The minimum atomic E-state index is -0.392. The first-order chi connectivity index (χ1) is 6.19. The van der Waals surface area contributed by atoms with Crippen LogP contribution in [0.4, 0.5) is 4.39 Å². The number of rotatable bonds is 2. The van der Waals surface area contributed by atoms with E-state index in [1.54, 1.807) is 19.1 Å². The highest BCUT2D eigenvalue weighted by Crippen LogP contribution is 2.18. The lowest BCUT2D eigenvalue weighted by molar-refractivity contribution is 0.386. The molecule has 2 nitrogen and oxygen atoms in total. The van der Waals surface area contributed by atoms with Gasteiger partial charge < -0.3 is 4.74 Å². The molecule has 1 rings (SSSR count). The molecule has 0 saturated heterocycles. The van der Waals surface area contributed by atoms with Gasteiger partial charge in [-0.3, -0.25) is 0 Å². The van der Waals surface area contributed by atoms with Crippen LogP contribution < -0.4 is 4.74 Å². The summed E-state index contributed by atoms with van der Waals surface area (Å²) in [6.45, 7) is 1.76. The van der Waals surface area contributed by atoms with E-state index in [1.165, 1.54) is 13.2 Å². The number of benzene rings is 1. The van der Waals surface area contributed by atoms with E-state index in [4.69, 9.17) is 4.74 Å². The van der Waals surface area contributed by atoms with Crippen molar-refractivity contribution in [2.24, 2.45) is 4.40 Å². The molecule has 0 amide bonds. The Hall–Kier alpha value is -1.03. The van der Waals surface area contributed by atoms with Crippen LogP contribution in [0.5, 0.6) is 5.75 Å². The molecule has 0 saturated carbocycles. The molecule has 1 aromatic carbocycles. The number of hydrogen-bond acceptors (Lipinski definition) is 3. The van der Waals surface area contributed by atoms with E-state index < -0.39 is 5.82 Å². The summed E-state index contributed by atoms with van der Waals surface area (Å²) in [7, 11) is 1.43. The second-order valence-electron chi connectivity index (χ2n) is 2.53. The summed E-state index contributed by atoms with van der Waals surface area (Å²) in [6, 6.07) is 4.66. The predicted molar refractivity (Wildman–Crippen MR) is 54.1 cm³/mol. The minimum Gasteiger partial charge on any atom is -0.494 e. The lowest BCUT2D eigenvalue weighted by atomic mass is 10.1. The normalized spacial score (nSPS) is 11.5. The van der Waals surface area contributed by atoms with Gasteiger partial charge >= 0.3 is 0 Å². The Kier molecular flexibility index (Phi) is 3.31. The molecule has 0 fully saturated rings. The predicted octanol–water partition coefficient (Wildman–Crippen LogP) is 2.49. The maximum atomic E-state index is 13.1. The van der Waals surface area contributed by atoms with E-state index >= 15 is 0 Å². The largest absolute Gasteiger partial charge is 0.494 e. The average Bonchev–Trinajstić information content (AvgIpc) is 2.16. The van der Waals surface area contributed by atoms with Gasteiger partial charge in [-0.2, -0.15) is 0 Å². The molecule has 0 unspecified atom stereocenters. The van der Waals surface area contributed by atoms with E-state index in [1.807, 2.05) is 0 Å². The van der Waals surface area contributed by atoms with Gasteiger partial charge in [-0.05, 0) is 43.5 Å². The second kappa shape index (κ2) is 4.28. The Morgan fingerprint density at radius 2 is 2.23 bits per heavy atom. The second-order valence-corrected chi connectivity index (χ2v) is 2.73. The topological polar surface area (TPSA) is 21.6 Å². The molecule has 0 atom stereocenters. The van der Waals surface area contributed by atoms with Crippen LogP contribution >= 0.6 is 12.8 Å². The average molecular weight is 199 g/mol. The summed E-state index contributed by atoms with van der Waals surface area (Å²) in [6.07, 6.45) is 0. The third kappa shape index (κ3) is 2.21. The summed E-state index contributed by atoms with van der Waals surface area (Å²) in [5.74, 6) is -0.160. The first-order valence-corrected chi connectivity index (χ1v) is 4.11.